The van der Waals surface area contributed by atoms with Crippen molar-refractivity contribution in [3.63, 3.8) is 0 Å². The number of carbonyl (C=O) groups excluding carboxylic acids is 2. The molecule has 29 heavy (non-hydrogen) atoms. The van der Waals surface area contributed by atoms with Crippen molar-refractivity contribution in [2.75, 3.05) is 30.4 Å². The van der Waals surface area contributed by atoms with Gasteiger partial charge in [0.2, 0.25) is 5.95 Å². The van der Waals surface area contributed by atoms with Crippen molar-refractivity contribution in [1.29, 1.82) is 0 Å². The lowest BCUT2D eigenvalue weighted by Gasteiger charge is -2.26. The Kier molecular flexibility index (Phi) is 5.11. The predicted molar refractivity (Wildman–Crippen MR) is 106 cm³/mol. The highest BCUT2D eigenvalue weighted by atomic mass is 16.5. The topological polar surface area (TPSA) is 117 Å². The number of rotatable bonds is 4. The average Bonchev–Trinajstić information content (AvgIpc) is 2.74. The van der Waals surface area contributed by atoms with Gasteiger partial charge in [0.05, 0.1) is 18.7 Å². The van der Waals surface area contributed by atoms with Crippen molar-refractivity contribution >= 4 is 29.0 Å². The number of aromatic amines is 1. The molecular weight excluding hydrogens is 374 g/mol. The highest BCUT2D eigenvalue weighted by Gasteiger charge is 2.23. The normalized spacial score (nSPS) is 16.1. The van der Waals surface area contributed by atoms with Crippen molar-refractivity contribution in [3.8, 4) is 5.75 Å². The van der Waals surface area contributed by atoms with Crippen LogP contribution < -0.4 is 31.2 Å². The molecular formula is C20H21N5O4. The largest absolute Gasteiger partial charge is 0.497 e. The van der Waals surface area contributed by atoms with Crippen molar-refractivity contribution in [1.82, 2.24) is 9.97 Å². The van der Waals surface area contributed by atoms with Crippen LogP contribution in [0.3, 0.4) is 0 Å². The maximum Gasteiger partial charge on any atom is 0.262 e. The van der Waals surface area contributed by atoms with Gasteiger partial charge in [-0.1, -0.05) is 0 Å². The van der Waals surface area contributed by atoms with Crippen LogP contribution in [0.4, 0.5) is 11.6 Å². The third kappa shape index (κ3) is 3.89. The standard InChI is InChI=1S/C20H21N5O4/c1-29-13-7-5-12(6-8-13)21-18(27)14-11-15(26)22-17-16(14)19(28)24-20(23-17)25-9-3-2-4-10-25/h5-8H,2-4,9-11H2,1H3,(H,21,27)(H,22,23,24,26,28). The van der Waals surface area contributed by atoms with E-state index in [1.165, 1.54) is 0 Å². The molecule has 1 fully saturated rings. The van der Waals surface area contributed by atoms with Gasteiger partial charge in [-0.15, -0.1) is 0 Å². The van der Waals surface area contributed by atoms with E-state index < -0.39 is 17.4 Å². The zero-order chi connectivity index (χ0) is 20.4. The SMILES string of the molecule is COc1ccc(NC(=O)C2=c3c(nc(N4CCCCC4)[nH]c3=O)=NC(=O)C2)cc1. The number of carbonyl (C=O) groups is 2. The summed E-state index contributed by atoms with van der Waals surface area (Å²) in [6, 6.07) is 6.76. The van der Waals surface area contributed by atoms with E-state index in [1.807, 2.05) is 4.90 Å². The number of fused-ring (bicyclic) bond motifs is 1. The van der Waals surface area contributed by atoms with Crippen LogP contribution in [0.25, 0.3) is 5.57 Å². The van der Waals surface area contributed by atoms with Gasteiger partial charge < -0.3 is 15.0 Å². The van der Waals surface area contributed by atoms with E-state index in [-0.39, 0.29) is 22.7 Å². The molecule has 2 aliphatic rings. The van der Waals surface area contributed by atoms with Gasteiger partial charge in [-0.2, -0.15) is 9.98 Å². The van der Waals surface area contributed by atoms with E-state index in [0.29, 0.717) is 17.4 Å². The first-order valence-electron chi connectivity index (χ1n) is 9.50. The third-order valence-electron chi connectivity index (χ3n) is 5.03. The molecule has 0 saturated carbocycles. The summed E-state index contributed by atoms with van der Waals surface area (Å²) in [5.41, 5.74) is 0.126. The predicted octanol–water partition coefficient (Wildman–Crippen LogP) is 0.108. The van der Waals surface area contributed by atoms with Crippen LogP contribution in [-0.2, 0) is 9.59 Å². The lowest BCUT2D eigenvalue weighted by molar-refractivity contribution is -0.118. The fraction of sp³-hybridized carbons (Fsp3) is 0.350. The van der Waals surface area contributed by atoms with Crippen LogP contribution in [0.15, 0.2) is 34.1 Å². The molecule has 1 aromatic carbocycles. The molecule has 1 aromatic heterocycles. The monoisotopic (exact) mass is 395 g/mol. The molecule has 2 aromatic rings. The van der Waals surface area contributed by atoms with Gasteiger partial charge in [0, 0.05) is 24.4 Å². The Balaban J connectivity index is 1.73. The molecule has 0 spiro atoms. The van der Waals surface area contributed by atoms with Gasteiger partial charge in [0.1, 0.15) is 5.75 Å². The zero-order valence-corrected chi connectivity index (χ0v) is 16.0. The summed E-state index contributed by atoms with van der Waals surface area (Å²) in [5.74, 6) is 0.0121. The van der Waals surface area contributed by atoms with Crippen LogP contribution in [-0.4, -0.2) is 42.0 Å². The first-order valence-corrected chi connectivity index (χ1v) is 9.50. The Morgan fingerprint density at radius 3 is 2.55 bits per heavy atom. The van der Waals surface area contributed by atoms with Gasteiger partial charge in [-0.05, 0) is 43.5 Å². The minimum absolute atomic E-state index is 0.00505. The molecule has 4 rings (SSSR count). The quantitative estimate of drug-likeness (QED) is 0.759. The number of nitrogens with zero attached hydrogens (tertiary/aromatic N) is 3. The molecule has 9 heteroatoms. The first kappa shape index (κ1) is 18.9. The number of hydrogen-bond acceptors (Lipinski definition) is 6. The number of amides is 2. The first-order chi connectivity index (χ1) is 14.0. The molecule has 150 valence electrons. The van der Waals surface area contributed by atoms with Crippen LogP contribution in [0.1, 0.15) is 25.7 Å². The maximum absolute atomic E-state index is 12.8. The van der Waals surface area contributed by atoms with E-state index in [1.54, 1.807) is 31.4 Å². The summed E-state index contributed by atoms with van der Waals surface area (Å²) in [6.45, 7) is 1.56. The summed E-state index contributed by atoms with van der Waals surface area (Å²) in [7, 11) is 1.55. The second-order valence-corrected chi connectivity index (χ2v) is 6.98. The lowest BCUT2D eigenvalue weighted by atomic mass is 10.1. The van der Waals surface area contributed by atoms with Crippen molar-refractivity contribution < 1.29 is 14.3 Å². The molecule has 2 aliphatic heterocycles. The summed E-state index contributed by atoms with van der Waals surface area (Å²) in [6.07, 6.45) is 2.91. The number of ether oxygens (including phenoxy) is 1. The minimum atomic E-state index is -0.530. The Hall–Kier alpha value is -3.49. The Labute approximate surface area is 166 Å². The average molecular weight is 395 g/mol. The van der Waals surface area contributed by atoms with E-state index in [4.69, 9.17) is 4.74 Å². The van der Waals surface area contributed by atoms with Gasteiger partial charge in [-0.25, -0.2) is 0 Å². The molecule has 3 heterocycles. The summed E-state index contributed by atoms with van der Waals surface area (Å²) < 4.78 is 5.10. The molecule has 0 radical (unpaired) electrons. The molecule has 2 amide bonds. The minimum Gasteiger partial charge on any atom is -0.497 e. The fourth-order valence-electron chi connectivity index (χ4n) is 3.53. The number of nitrogens with one attached hydrogen (secondary N) is 2. The van der Waals surface area contributed by atoms with E-state index in [9.17, 15) is 14.4 Å². The summed E-state index contributed by atoms with van der Waals surface area (Å²) >= 11 is 0. The second kappa shape index (κ2) is 7.86. The number of methoxy groups -OCH3 is 1. The molecule has 1 saturated heterocycles. The fourth-order valence-corrected chi connectivity index (χ4v) is 3.53. The number of hydrogen-bond donors (Lipinski definition) is 2. The smallest absolute Gasteiger partial charge is 0.262 e. The third-order valence-corrected chi connectivity index (χ3v) is 5.03. The number of anilines is 2. The van der Waals surface area contributed by atoms with Crippen LogP contribution in [0.2, 0.25) is 0 Å². The highest BCUT2D eigenvalue weighted by Crippen LogP contribution is 2.17. The van der Waals surface area contributed by atoms with E-state index >= 15 is 0 Å². The summed E-state index contributed by atoms with van der Waals surface area (Å²) in [5, 5.41) is 2.77. The zero-order valence-electron chi connectivity index (χ0n) is 16.0. The highest BCUT2D eigenvalue weighted by molar-refractivity contribution is 6.23. The number of piperidine rings is 1. The van der Waals surface area contributed by atoms with Gasteiger partial charge in [0.15, 0.2) is 5.49 Å². The van der Waals surface area contributed by atoms with E-state index in [0.717, 1.165) is 32.4 Å². The van der Waals surface area contributed by atoms with Crippen molar-refractivity contribution in [3.05, 3.63) is 45.3 Å². The molecule has 0 bridgehead atoms. The molecule has 0 aliphatic carbocycles. The number of H-pyrrole nitrogens is 1. The van der Waals surface area contributed by atoms with Gasteiger partial charge in [-0.3, -0.25) is 19.4 Å². The van der Waals surface area contributed by atoms with Crippen molar-refractivity contribution in [2.45, 2.75) is 25.7 Å². The van der Waals surface area contributed by atoms with Crippen LogP contribution in [0, 0.1) is 0 Å². The van der Waals surface area contributed by atoms with Crippen LogP contribution in [0.5, 0.6) is 5.75 Å². The van der Waals surface area contributed by atoms with E-state index in [2.05, 4.69) is 20.3 Å². The Morgan fingerprint density at radius 2 is 1.86 bits per heavy atom. The molecule has 0 atom stereocenters. The Morgan fingerprint density at radius 1 is 1.14 bits per heavy atom. The maximum atomic E-state index is 12.8. The second-order valence-electron chi connectivity index (χ2n) is 6.98. The van der Waals surface area contributed by atoms with Gasteiger partial charge >= 0.3 is 0 Å². The van der Waals surface area contributed by atoms with Crippen LogP contribution >= 0.6 is 0 Å². The Bertz CT molecular complexity index is 1130. The van der Waals surface area contributed by atoms with Gasteiger partial charge in [0.25, 0.3) is 17.4 Å². The van der Waals surface area contributed by atoms with Crippen molar-refractivity contribution in [2.24, 2.45) is 4.99 Å². The molecule has 0 unspecified atom stereocenters. The number of aromatic nitrogens is 2. The molecule has 2 N–H and O–H groups in total. The number of benzene rings is 1. The summed E-state index contributed by atoms with van der Waals surface area (Å²) in [4.78, 5) is 50.7. The lowest BCUT2D eigenvalue weighted by Crippen LogP contribution is -2.50. The molecule has 9 nitrogen and oxygen atoms in total.